The molecule has 39 heavy (non-hydrogen) atoms. The highest BCUT2D eigenvalue weighted by atomic mass is 16.7. The van der Waals surface area contributed by atoms with Gasteiger partial charge in [-0.3, -0.25) is 14.6 Å². The zero-order valence-electron chi connectivity index (χ0n) is 23.9. The van der Waals surface area contributed by atoms with Gasteiger partial charge in [-0.1, -0.05) is 58.0 Å². The van der Waals surface area contributed by atoms with Gasteiger partial charge in [-0.15, -0.1) is 0 Å². The van der Waals surface area contributed by atoms with Crippen molar-refractivity contribution in [3.8, 4) is 0 Å². The molecule has 1 amide bonds. The SMILES string of the molecule is CC(C)C[C@H](CC(=O)C[C@@H](Cc1ccccc1)C(=O)Nc1cnccn1)B1OC2C[C@H]3C[C@H](C3(C)C)[C@@]2(C)O1. The first-order chi connectivity index (χ1) is 18.6. The predicted octanol–water partition coefficient (Wildman–Crippen LogP) is 5.77. The highest BCUT2D eigenvalue weighted by Gasteiger charge is 2.68. The minimum absolute atomic E-state index is 0.0411. The molecular weight excluding hydrogens is 489 g/mol. The molecule has 1 aromatic carbocycles. The van der Waals surface area contributed by atoms with Gasteiger partial charge in [-0.2, -0.15) is 0 Å². The van der Waals surface area contributed by atoms with E-state index in [0.29, 0.717) is 36.4 Å². The minimum Gasteiger partial charge on any atom is -0.405 e. The zero-order valence-corrected chi connectivity index (χ0v) is 23.9. The van der Waals surface area contributed by atoms with Crippen LogP contribution in [0.4, 0.5) is 5.82 Å². The fraction of sp³-hybridized carbons (Fsp3) is 0.613. The molecule has 2 aromatic rings. The fourth-order valence-electron chi connectivity index (χ4n) is 7.40. The maximum absolute atomic E-state index is 13.6. The van der Waals surface area contributed by atoms with Crippen molar-refractivity contribution in [3.63, 3.8) is 0 Å². The maximum atomic E-state index is 13.6. The zero-order chi connectivity index (χ0) is 27.8. The van der Waals surface area contributed by atoms with Crippen LogP contribution in [0.5, 0.6) is 0 Å². The summed E-state index contributed by atoms with van der Waals surface area (Å²) in [7, 11) is -0.387. The first-order valence-corrected chi connectivity index (χ1v) is 14.5. The first-order valence-electron chi connectivity index (χ1n) is 14.5. The molecule has 1 aliphatic heterocycles. The number of anilines is 1. The number of benzene rings is 1. The van der Waals surface area contributed by atoms with Gasteiger partial charge in [0.2, 0.25) is 5.91 Å². The van der Waals surface area contributed by atoms with Gasteiger partial charge in [0.25, 0.3) is 0 Å². The van der Waals surface area contributed by atoms with Crippen molar-refractivity contribution in [2.45, 2.75) is 90.7 Å². The van der Waals surface area contributed by atoms with E-state index in [2.05, 4.69) is 49.9 Å². The largest absolute Gasteiger partial charge is 0.461 e. The molecular formula is C31H42BN3O4. The third kappa shape index (κ3) is 5.83. The van der Waals surface area contributed by atoms with Crippen LogP contribution in [-0.2, 0) is 25.3 Å². The monoisotopic (exact) mass is 531 g/mol. The van der Waals surface area contributed by atoms with Crippen LogP contribution in [0.15, 0.2) is 48.9 Å². The number of Topliss-reactive ketones (excluding diaryl/α,β-unsaturated/α-hetero) is 1. The van der Waals surface area contributed by atoms with Gasteiger partial charge in [0.05, 0.1) is 17.9 Å². The normalized spacial score (nSPS) is 28.4. The molecule has 6 rings (SSSR count). The molecule has 3 saturated carbocycles. The Hall–Kier alpha value is -2.58. The topological polar surface area (TPSA) is 90.4 Å². The van der Waals surface area contributed by atoms with Gasteiger partial charge in [0.15, 0.2) is 5.82 Å². The number of carbonyl (C=O) groups is 2. The van der Waals surface area contributed by atoms with Crippen LogP contribution < -0.4 is 5.32 Å². The van der Waals surface area contributed by atoms with Crippen molar-refractivity contribution in [1.29, 1.82) is 0 Å². The van der Waals surface area contributed by atoms with Gasteiger partial charge in [-0.05, 0) is 61.3 Å². The van der Waals surface area contributed by atoms with Crippen molar-refractivity contribution in [1.82, 2.24) is 9.97 Å². The van der Waals surface area contributed by atoms with Gasteiger partial charge < -0.3 is 14.6 Å². The van der Waals surface area contributed by atoms with E-state index >= 15 is 0 Å². The smallest absolute Gasteiger partial charge is 0.405 e. The van der Waals surface area contributed by atoms with Gasteiger partial charge >= 0.3 is 7.12 Å². The molecule has 2 heterocycles. The molecule has 1 N–H and O–H groups in total. The Morgan fingerprint density at radius 2 is 1.87 bits per heavy atom. The van der Waals surface area contributed by atoms with Crippen LogP contribution in [0.2, 0.25) is 5.82 Å². The Labute approximate surface area is 233 Å². The van der Waals surface area contributed by atoms with Crippen molar-refractivity contribution < 1.29 is 18.9 Å². The Bertz CT molecular complexity index is 1160. The Morgan fingerprint density at radius 1 is 1.10 bits per heavy atom. The van der Waals surface area contributed by atoms with E-state index in [1.54, 1.807) is 6.20 Å². The second-order valence-electron chi connectivity index (χ2n) is 13.1. The van der Waals surface area contributed by atoms with E-state index < -0.39 is 5.92 Å². The van der Waals surface area contributed by atoms with E-state index in [-0.39, 0.29) is 48.2 Å². The lowest BCUT2D eigenvalue weighted by atomic mass is 9.43. The maximum Gasteiger partial charge on any atom is 0.461 e. The van der Waals surface area contributed by atoms with Crippen LogP contribution in [0.1, 0.15) is 72.3 Å². The third-order valence-electron chi connectivity index (χ3n) is 9.60. The quantitative estimate of drug-likeness (QED) is 0.371. The summed E-state index contributed by atoms with van der Waals surface area (Å²) in [5.41, 5.74) is 0.992. The molecule has 3 aliphatic carbocycles. The number of hydrogen-bond donors (Lipinski definition) is 1. The molecule has 208 valence electrons. The molecule has 0 radical (unpaired) electrons. The Balaban J connectivity index is 1.28. The Kier molecular flexibility index (Phi) is 7.98. The summed E-state index contributed by atoms with van der Waals surface area (Å²) in [6.45, 7) is 11.3. The van der Waals surface area contributed by atoms with Crippen molar-refractivity contribution in [2.75, 3.05) is 5.32 Å². The lowest BCUT2D eigenvalue weighted by molar-refractivity contribution is -0.199. The third-order valence-corrected chi connectivity index (χ3v) is 9.60. The Morgan fingerprint density at radius 3 is 2.54 bits per heavy atom. The standard InChI is InChI=1S/C31H42BN3O4/c1-20(2)13-24(32-38-27-17-23-16-26(30(23,3)4)31(27,5)39-32)18-25(36)15-22(14-21-9-7-6-8-10-21)29(37)35-28-19-33-11-12-34-28/h6-12,19-20,22-24,26-27H,13-18H2,1-5H3,(H,34,35,37)/t22-,23-,24-,26-,27?,31-/m1/s1. The summed E-state index contributed by atoms with van der Waals surface area (Å²) in [4.78, 5) is 35.1. The summed E-state index contributed by atoms with van der Waals surface area (Å²) in [5.74, 6) is 1.23. The van der Waals surface area contributed by atoms with Crippen molar-refractivity contribution in [2.24, 2.45) is 29.1 Å². The van der Waals surface area contributed by atoms with Crippen LogP contribution >= 0.6 is 0 Å². The highest BCUT2D eigenvalue weighted by Crippen LogP contribution is 2.66. The average Bonchev–Trinajstić information content (AvgIpc) is 3.26. The number of aromatic nitrogens is 2. The molecule has 4 fully saturated rings. The lowest BCUT2D eigenvalue weighted by Gasteiger charge is -2.64. The van der Waals surface area contributed by atoms with E-state index in [1.165, 1.54) is 18.8 Å². The van der Waals surface area contributed by atoms with E-state index in [9.17, 15) is 9.59 Å². The number of hydrogen-bond acceptors (Lipinski definition) is 6. The molecule has 1 aromatic heterocycles. The van der Waals surface area contributed by atoms with Gasteiger partial charge in [0, 0.05) is 37.0 Å². The van der Waals surface area contributed by atoms with Crippen molar-refractivity contribution in [3.05, 3.63) is 54.5 Å². The number of rotatable bonds is 11. The molecule has 2 bridgehead atoms. The number of nitrogens with zero attached hydrogens (tertiary/aromatic N) is 2. The summed E-state index contributed by atoms with van der Waals surface area (Å²) >= 11 is 0. The van der Waals surface area contributed by atoms with Gasteiger partial charge in [-0.25, -0.2) is 4.98 Å². The van der Waals surface area contributed by atoms with E-state index in [0.717, 1.165) is 18.4 Å². The molecule has 6 atom stereocenters. The highest BCUT2D eigenvalue weighted by molar-refractivity contribution is 6.47. The summed E-state index contributed by atoms with van der Waals surface area (Å²) in [6, 6.07) is 9.83. The summed E-state index contributed by atoms with van der Waals surface area (Å²) in [5, 5.41) is 2.85. The molecule has 4 aliphatic rings. The summed E-state index contributed by atoms with van der Waals surface area (Å²) in [6.07, 6.45) is 8.73. The van der Waals surface area contributed by atoms with Crippen LogP contribution in [0.3, 0.4) is 0 Å². The second kappa shape index (κ2) is 11.1. The lowest BCUT2D eigenvalue weighted by Crippen LogP contribution is -2.65. The molecule has 7 nitrogen and oxygen atoms in total. The summed E-state index contributed by atoms with van der Waals surface area (Å²) < 4.78 is 13.3. The van der Waals surface area contributed by atoms with Crippen molar-refractivity contribution >= 4 is 24.6 Å². The molecule has 0 spiro atoms. The van der Waals surface area contributed by atoms with Gasteiger partial charge in [0.1, 0.15) is 5.78 Å². The number of carbonyl (C=O) groups excluding carboxylic acids is 2. The second-order valence-corrected chi connectivity index (χ2v) is 13.1. The van der Waals surface area contributed by atoms with E-state index in [1.807, 2.05) is 30.3 Å². The van der Waals surface area contributed by atoms with Crippen LogP contribution in [0, 0.1) is 29.1 Å². The molecule has 1 saturated heterocycles. The number of nitrogens with one attached hydrogen (secondary N) is 1. The minimum atomic E-state index is -0.514. The molecule has 8 heteroatoms. The first kappa shape index (κ1) is 28.0. The molecule has 1 unspecified atom stereocenters. The van der Waals surface area contributed by atoms with Crippen LogP contribution in [0.25, 0.3) is 0 Å². The number of ketones is 1. The number of amides is 1. The van der Waals surface area contributed by atoms with Crippen LogP contribution in [-0.4, -0.2) is 40.5 Å². The average molecular weight is 532 g/mol. The fourth-order valence-corrected chi connectivity index (χ4v) is 7.40. The predicted molar refractivity (Wildman–Crippen MR) is 152 cm³/mol. The van der Waals surface area contributed by atoms with E-state index in [4.69, 9.17) is 9.31 Å².